The number of hydrogen-bond acceptors (Lipinski definition) is 15. The molecule has 0 saturated carbocycles. The van der Waals surface area contributed by atoms with E-state index in [1.165, 1.54) is 0 Å². The van der Waals surface area contributed by atoms with Crippen LogP contribution in [0.2, 0.25) is 0 Å². The van der Waals surface area contributed by atoms with E-state index < -0.39 is 5.54 Å². The van der Waals surface area contributed by atoms with E-state index >= 15 is 0 Å². The SMILES string of the molecule is NC12CNCCNCC(NC(=O)CCOCCOCCOCCOCCOCCC(=O)NCCC(=O)N3Cc4ccccc4C#Cc4ccccc43)(CNCCNC1)CNCCNC2. The Morgan fingerprint density at radius 1 is 0.562 bits per heavy atom. The molecule has 0 spiro atoms. The summed E-state index contributed by atoms with van der Waals surface area (Å²) >= 11 is 0. The third-order valence-electron chi connectivity index (χ3n) is 10.9. The predicted molar refractivity (Wildman–Crippen MR) is 246 cm³/mol. The first-order valence-corrected chi connectivity index (χ1v) is 22.8. The van der Waals surface area contributed by atoms with Gasteiger partial charge in [-0.15, -0.1) is 0 Å². The van der Waals surface area contributed by atoms with E-state index in [4.69, 9.17) is 29.4 Å². The number of ether oxygens (including phenoxy) is 5. The van der Waals surface area contributed by atoms with Crippen LogP contribution in [0.1, 0.15) is 36.0 Å². The Kier molecular flexibility index (Phi) is 23.4. The van der Waals surface area contributed by atoms with Crippen molar-refractivity contribution in [2.24, 2.45) is 5.73 Å². The molecule has 18 heteroatoms. The molecule has 0 aliphatic carbocycles. The molecule has 4 aliphatic rings. The summed E-state index contributed by atoms with van der Waals surface area (Å²) in [7, 11) is 0. The number of nitrogens with one attached hydrogen (secondary N) is 8. The first-order chi connectivity index (χ1) is 31.3. The van der Waals surface area contributed by atoms with Crippen molar-refractivity contribution in [2.45, 2.75) is 36.9 Å². The van der Waals surface area contributed by atoms with Gasteiger partial charge < -0.3 is 76.9 Å². The highest BCUT2D eigenvalue weighted by Gasteiger charge is 2.32. The Balaban J connectivity index is 0.827. The van der Waals surface area contributed by atoms with Crippen molar-refractivity contribution < 1.29 is 38.1 Å². The third kappa shape index (κ3) is 19.2. The Morgan fingerprint density at radius 3 is 1.55 bits per heavy atom. The smallest absolute Gasteiger partial charge is 0.229 e. The molecule has 64 heavy (non-hydrogen) atoms. The molecule has 4 aliphatic heterocycles. The van der Waals surface area contributed by atoms with Gasteiger partial charge in [0.1, 0.15) is 0 Å². The third-order valence-corrected chi connectivity index (χ3v) is 10.9. The highest BCUT2D eigenvalue weighted by Crippen LogP contribution is 2.26. The van der Waals surface area contributed by atoms with E-state index in [0.29, 0.717) is 105 Å². The Labute approximate surface area is 378 Å². The van der Waals surface area contributed by atoms with Crippen molar-refractivity contribution in [1.29, 1.82) is 0 Å². The van der Waals surface area contributed by atoms with Crippen LogP contribution in [0.5, 0.6) is 0 Å². The second kappa shape index (κ2) is 29.5. The van der Waals surface area contributed by atoms with Crippen molar-refractivity contribution in [2.75, 3.05) is 156 Å². The lowest BCUT2D eigenvalue weighted by Gasteiger charge is -2.37. The fraction of sp³-hybridized carbons (Fsp3) is 0.630. The number of carbonyl (C=O) groups is 3. The van der Waals surface area contributed by atoms with E-state index in [9.17, 15) is 14.4 Å². The van der Waals surface area contributed by atoms with Gasteiger partial charge in [-0.25, -0.2) is 0 Å². The molecule has 18 nitrogen and oxygen atoms in total. The van der Waals surface area contributed by atoms with E-state index in [1.54, 1.807) is 4.90 Å². The first kappa shape index (κ1) is 50.9. The molecule has 0 radical (unpaired) electrons. The molecular formula is C46H72N10O8. The molecule has 10 N–H and O–H groups in total. The van der Waals surface area contributed by atoms with Crippen LogP contribution in [-0.2, 0) is 44.6 Å². The summed E-state index contributed by atoms with van der Waals surface area (Å²) in [6.07, 6.45) is 0.604. The largest absolute Gasteiger partial charge is 0.379 e. The van der Waals surface area contributed by atoms with Crippen LogP contribution in [0.3, 0.4) is 0 Å². The molecule has 3 amide bonds. The summed E-state index contributed by atoms with van der Waals surface area (Å²) in [5, 5.41) is 27.2. The van der Waals surface area contributed by atoms with Crippen LogP contribution in [0.4, 0.5) is 5.69 Å². The number of amides is 3. The van der Waals surface area contributed by atoms with Crippen LogP contribution < -0.4 is 53.2 Å². The van der Waals surface area contributed by atoms with E-state index in [1.807, 2.05) is 48.5 Å². The topological polar surface area (TPSA) is 223 Å². The van der Waals surface area contributed by atoms with Gasteiger partial charge in [0, 0.05) is 115 Å². The Bertz CT molecular complexity index is 1720. The number of rotatable bonds is 22. The number of carbonyl (C=O) groups excluding carboxylic acids is 3. The lowest BCUT2D eigenvalue weighted by molar-refractivity contribution is -0.124. The number of fused-ring (bicyclic) bond motifs is 17. The number of benzene rings is 2. The van der Waals surface area contributed by atoms with E-state index in [-0.39, 0.29) is 55.7 Å². The quantitative estimate of drug-likeness (QED) is 0.0481. The minimum atomic E-state index is -0.509. The highest BCUT2D eigenvalue weighted by molar-refractivity contribution is 5.95. The van der Waals surface area contributed by atoms with Gasteiger partial charge >= 0.3 is 0 Å². The van der Waals surface area contributed by atoms with Gasteiger partial charge in [-0.1, -0.05) is 42.2 Å². The average Bonchev–Trinajstić information content (AvgIpc) is 3.28. The summed E-state index contributed by atoms with van der Waals surface area (Å²) in [6.45, 7) is 13.0. The highest BCUT2D eigenvalue weighted by atomic mass is 16.6. The molecule has 3 fully saturated rings. The summed E-state index contributed by atoms with van der Waals surface area (Å²) in [4.78, 5) is 40.6. The Morgan fingerprint density at radius 2 is 1.00 bits per heavy atom. The van der Waals surface area contributed by atoms with Crippen LogP contribution in [0.15, 0.2) is 48.5 Å². The molecular weight excluding hydrogens is 821 g/mol. The molecule has 2 aromatic carbocycles. The normalized spacial score (nSPS) is 20.9. The zero-order chi connectivity index (χ0) is 45.0. The first-order valence-electron chi connectivity index (χ1n) is 22.8. The van der Waals surface area contributed by atoms with Gasteiger partial charge in [0.15, 0.2) is 0 Å². The second-order valence-electron chi connectivity index (χ2n) is 16.3. The summed E-state index contributed by atoms with van der Waals surface area (Å²) in [5.74, 6) is 6.10. The maximum absolute atomic E-state index is 13.3. The van der Waals surface area contributed by atoms with Gasteiger partial charge in [0.05, 0.1) is 89.4 Å². The van der Waals surface area contributed by atoms with Crippen LogP contribution in [0, 0.1) is 11.8 Å². The minimum Gasteiger partial charge on any atom is -0.379 e. The predicted octanol–water partition coefficient (Wildman–Crippen LogP) is -1.58. The zero-order valence-electron chi connectivity index (χ0n) is 37.5. The van der Waals surface area contributed by atoms with Crippen molar-refractivity contribution in [3.05, 3.63) is 65.2 Å². The fourth-order valence-electron chi connectivity index (χ4n) is 7.44. The van der Waals surface area contributed by atoms with Gasteiger partial charge in [-0.3, -0.25) is 14.4 Å². The zero-order valence-corrected chi connectivity index (χ0v) is 37.5. The average molecular weight is 893 g/mol. The molecule has 3 saturated heterocycles. The van der Waals surface area contributed by atoms with Crippen LogP contribution in [0.25, 0.3) is 0 Å². The molecule has 2 bridgehead atoms. The lowest BCUT2D eigenvalue weighted by atomic mass is 9.97. The number of nitrogens with zero attached hydrogens (tertiary/aromatic N) is 1. The molecule has 0 atom stereocenters. The molecule has 4 heterocycles. The monoisotopic (exact) mass is 893 g/mol. The fourth-order valence-corrected chi connectivity index (χ4v) is 7.44. The maximum atomic E-state index is 13.3. The summed E-state index contributed by atoms with van der Waals surface area (Å²) in [5.41, 5.74) is 9.26. The van der Waals surface area contributed by atoms with Gasteiger partial charge in [0.25, 0.3) is 0 Å². The van der Waals surface area contributed by atoms with Gasteiger partial charge in [-0.2, -0.15) is 0 Å². The van der Waals surface area contributed by atoms with Gasteiger partial charge in [-0.05, 0) is 23.8 Å². The lowest BCUT2D eigenvalue weighted by Crippen LogP contribution is -2.67. The number of hydrogen-bond donors (Lipinski definition) is 9. The maximum Gasteiger partial charge on any atom is 0.229 e. The van der Waals surface area contributed by atoms with Crippen molar-refractivity contribution in [3.8, 4) is 11.8 Å². The standard InChI is InChI=1S/C46H72N10O8/c47-45-32-48-15-18-51-35-46(36-52-19-16-49-33-45,37-53-20-17-50-34-45)55-43(58)13-22-61-24-26-63-28-30-64-29-27-62-25-23-60-21-12-42(57)54-14-11-44(59)56-31-40-7-2-1-5-38(40)9-10-39-6-3-4-8-41(39)56/h1-8,48-53H,11-37,47H2,(H,54,57)(H,55,58). The Hall–Kier alpha value is -4.07. The number of anilines is 1. The summed E-state index contributed by atoms with van der Waals surface area (Å²) < 4.78 is 28.0. The molecule has 2 aromatic rings. The van der Waals surface area contributed by atoms with Crippen molar-refractivity contribution in [3.63, 3.8) is 0 Å². The van der Waals surface area contributed by atoms with E-state index in [2.05, 4.69) is 54.4 Å². The number of nitrogens with two attached hydrogens (primary N) is 1. The molecule has 0 unspecified atom stereocenters. The molecule has 6 rings (SSSR count). The second-order valence-corrected chi connectivity index (χ2v) is 16.3. The van der Waals surface area contributed by atoms with E-state index in [0.717, 1.165) is 61.6 Å². The van der Waals surface area contributed by atoms with Crippen molar-refractivity contribution >= 4 is 23.4 Å². The minimum absolute atomic E-state index is 0.0584. The van der Waals surface area contributed by atoms with Crippen molar-refractivity contribution in [1.82, 2.24) is 42.5 Å². The summed E-state index contributed by atoms with van der Waals surface area (Å²) in [6, 6.07) is 15.5. The van der Waals surface area contributed by atoms with Gasteiger partial charge in [0.2, 0.25) is 17.7 Å². The molecule has 354 valence electrons. The van der Waals surface area contributed by atoms with Crippen LogP contribution >= 0.6 is 0 Å². The molecule has 0 aromatic heterocycles. The number of para-hydroxylation sites is 1. The van der Waals surface area contributed by atoms with Crippen LogP contribution in [-0.4, -0.2) is 180 Å².